The molecule has 543 valence electrons. The van der Waals surface area contributed by atoms with Gasteiger partial charge < -0.3 is 179 Å². The minimum absolute atomic E-state index is 0.227. The van der Waals surface area contributed by atoms with E-state index in [2.05, 4.69) is 5.32 Å². The van der Waals surface area contributed by atoms with Crippen LogP contribution in [0.25, 0.3) is 0 Å². The smallest absolute Gasteiger partial charge is 0.187 e. The van der Waals surface area contributed by atoms with Gasteiger partial charge >= 0.3 is 0 Å². The number of thioether (sulfide) groups is 1. The molecular formula is C54H88NO37S2. The van der Waals surface area contributed by atoms with Gasteiger partial charge in [0, 0.05) is 30.5 Å². The molecule has 94 heavy (non-hydrogen) atoms. The molecule has 38 nitrogen and oxygen atoms in total. The molecule has 0 unspecified atom stereocenters. The third kappa shape index (κ3) is 17.5. The van der Waals surface area contributed by atoms with Gasteiger partial charge in [-0.2, -0.15) is 11.8 Å². The van der Waals surface area contributed by atoms with E-state index in [9.17, 15) is 111 Å². The summed E-state index contributed by atoms with van der Waals surface area (Å²) in [6, 6.07) is 0. The van der Waals surface area contributed by atoms with Gasteiger partial charge in [-0.15, -0.1) is 0 Å². The van der Waals surface area contributed by atoms with Crippen molar-refractivity contribution in [3.05, 3.63) is 31.6 Å². The summed E-state index contributed by atoms with van der Waals surface area (Å²) in [5, 5.41) is 227. The molecule has 0 aromatic heterocycles. The Hall–Kier alpha value is -1.14. The zero-order chi connectivity index (χ0) is 68.0. The van der Waals surface area contributed by atoms with Crippen LogP contribution in [-0.4, -0.2) is 414 Å². The first kappa shape index (κ1) is 77.0. The Kier molecular flexibility index (Phi) is 28.4. The second kappa shape index (κ2) is 34.7. The average Bonchev–Trinajstić information content (AvgIpc) is 0.802. The number of hydrogen-bond donors (Lipinski definition) is 21. The standard InChI is InChI=1S/C54H88NO37S2/c56-12-21-42-29(64)36(71)50(81-21)89-44-23(14-58)83-52(38(73)31(44)66)91-46-25(16-60)85-54(40(75)33(46)68)92-47-26(17-61)84-53(39(74)32(47)67)90-45-24(15-59)82-51(37(72)30(45)65)88-43-22(13-57)80-49(35(70)28(43)63)86-41-20(79-48(87-42)34(69)27(41)62)11-55-5-9-94(76,77)10-8-93-7-6-78-18-19-3-1-2-4-19/h1-4,20-75H,5-18H2/t20-,21-,22-,23-,24-,25-,26-,27-,28-,29-,30-,31-,32-,33-,34-,35-,36-,37-,38-,39-,40-,41-,42-,43-,44-,45-,46-,47-,48-,49-,50-,51-,52-,53-,54-/m1/s1. The van der Waals surface area contributed by atoms with Crippen LogP contribution in [0.2, 0.25) is 0 Å². The number of nitrogens with one attached hydrogen (secondary N) is 1. The van der Waals surface area contributed by atoms with E-state index in [1.165, 1.54) is 11.8 Å². The first-order valence-electron chi connectivity index (χ1n) is 30.5. The summed E-state index contributed by atoms with van der Waals surface area (Å²) < 4.78 is 113. The zero-order valence-electron chi connectivity index (χ0n) is 50.1. The highest BCUT2D eigenvalue weighted by molar-refractivity contribution is 8.00. The van der Waals surface area contributed by atoms with Gasteiger partial charge in [-0.25, -0.2) is 8.42 Å². The zero-order valence-corrected chi connectivity index (χ0v) is 51.8. The van der Waals surface area contributed by atoms with Crippen molar-refractivity contribution in [1.29, 1.82) is 0 Å². The third-order valence-electron chi connectivity index (χ3n) is 17.4. The van der Waals surface area contributed by atoms with Crippen LogP contribution in [0.5, 0.6) is 0 Å². The van der Waals surface area contributed by atoms with Gasteiger partial charge in [0.2, 0.25) is 0 Å². The minimum Gasteiger partial charge on any atom is -0.394 e. The van der Waals surface area contributed by atoms with E-state index < -0.39 is 277 Å². The van der Waals surface area contributed by atoms with E-state index in [0.717, 1.165) is 5.92 Å². The highest BCUT2D eigenvalue weighted by Gasteiger charge is 2.60. The molecule has 22 aliphatic rings. The van der Waals surface area contributed by atoms with Crippen molar-refractivity contribution in [1.82, 2.24) is 5.32 Å². The van der Waals surface area contributed by atoms with Gasteiger partial charge in [0.15, 0.2) is 53.9 Å². The third-order valence-corrected chi connectivity index (χ3v) is 20.3. The van der Waals surface area contributed by atoms with Crippen LogP contribution in [0.4, 0.5) is 0 Å². The minimum atomic E-state index is -3.72. The SMILES string of the molecule is O=S(=O)(CCNC[C@H]1O[C@@H]2O[C@H]3[C@H](O)[C@@H](O)[C@@H](O[C@H]4[C@H](O)[C@@H](O)[C@@H](O[C@H]5[C@H](O)[C@@H](O)[C@@H](O[C@H]6[C@H](O)[C@@H](O)[C@@H](O[C@H]7[C@H](O)[C@@H](O)[C@@H](O[C@H]8[C@H](O)[C@@H](O)[C@@H](O[C@H]1[C@H](O)[C@H]2O)O[C@@H]8CO)O[C@@H]7CO)O[C@@H]6CO)O[C@@H]5CO)O[C@@H]4CO)O[C@@H]3CO)CCSCCOC[C]1[CH][CH][CH][CH]1. The lowest BCUT2D eigenvalue weighted by molar-refractivity contribution is -0.396. The topological polar surface area (TPSA) is 589 Å². The van der Waals surface area contributed by atoms with Crippen molar-refractivity contribution < 1.29 is 182 Å². The predicted molar refractivity (Wildman–Crippen MR) is 301 cm³/mol. The molecular weight excluding hydrogens is 1320 g/mol. The fraction of sp³-hybridized carbons (Fsp3) is 0.907. The molecule has 0 spiro atoms. The monoisotopic (exact) mass is 1410 g/mol. The molecule has 35 atom stereocenters. The lowest BCUT2D eigenvalue weighted by atomic mass is 9.95. The maximum atomic E-state index is 13.2. The molecule has 22 fully saturated rings. The fourth-order valence-electron chi connectivity index (χ4n) is 12.1. The molecule has 0 aromatic rings. The summed E-state index contributed by atoms with van der Waals surface area (Å²) in [6.45, 7) is -6.40. The number of sulfone groups is 1. The maximum Gasteiger partial charge on any atom is 0.187 e. The van der Waals surface area contributed by atoms with Crippen LogP contribution in [0.15, 0.2) is 0 Å². The van der Waals surface area contributed by atoms with E-state index in [-0.39, 0.29) is 18.1 Å². The summed E-state index contributed by atoms with van der Waals surface area (Å²) in [5.41, 5.74) is 0. The summed E-state index contributed by atoms with van der Waals surface area (Å²) >= 11 is 1.35. The lowest BCUT2D eigenvalue weighted by Crippen LogP contribution is -2.68. The first-order valence-corrected chi connectivity index (χ1v) is 33.5. The highest BCUT2D eigenvalue weighted by atomic mass is 32.2. The van der Waals surface area contributed by atoms with Crippen molar-refractivity contribution in [2.24, 2.45) is 0 Å². The van der Waals surface area contributed by atoms with E-state index in [1.54, 1.807) is 0 Å². The van der Waals surface area contributed by atoms with Crippen LogP contribution in [0.3, 0.4) is 0 Å². The normalized spacial score (nSPS) is 48.7. The van der Waals surface area contributed by atoms with Crippen LogP contribution in [-0.2, 0) is 80.9 Å². The molecule has 5 radical (unpaired) electrons. The molecule has 0 aromatic carbocycles. The average molecular weight is 1410 g/mol. The first-order chi connectivity index (χ1) is 44.9. The predicted octanol–water partition coefficient (Wildman–Crippen LogP) is -14.1. The Labute approximate surface area is 542 Å². The quantitative estimate of drug-likeness (QED) is 0.0534. The van der Waals surface area contributed by atoms with E-state index in [4.69, 9.17) is 71.1 Å². The van der Waals surface area contributed by atoms with Gasteiger partial charge in [0.05, 0.1) is 64.4 Å². The molecule has 0 amide bonds. The number of aliphatic hydroxyl groups is 20. The Balaban J connectivity index is 0.960. The number of ether oxygens (including phenoxy) is 15. The number of rotatable bonds is 19. The van der Waals surface area contributed by atoms with Crippen molar-refractivity contribution in [2.75, 3.05) is 89.0 Å². The van der Waals surface area contributed by atoms with Crippen molar-refractivity contribution in [3.8, 4) is 0 Å². The molecule has 21 heterocycles. The largest absolute Gasteiger partial charge is 0.394 e. The van der Waals surface area contributed by atoms with Crippen LogP contribution < -0.4 is 5.32 Å². The molecule has 21 saturated heterocycles. The van der Waals surface area contributed by atoms with Crippen LogP contribution in [0.1, 0.15) is 0 Å². The van der Waals surface area contributed by atoms with E-state index >= 15 is 0 Å². The van der Waals surface area contributed by atoms with Crippen molar-refractivity contribution in [3.63, 3.8) is 0 Å². The summed E-state index contributed by atoms with van der Waals surface area (Å²) in [4.78, 5) is 0. The molecule has 14 bridgehead atoms. The molecule has 21 aliphatic heterocycles. The lowest BCUT2D eigenvalue weighted by Gasteiger charge is -2.50. The van der Waals surface area contributed by atoms with Crippen LogP contribution in [0, 0.1) is 31.6 Å². The van der Waals surface area contributed by atoms with Gasteiger partial charge in [0.1, 0.15) is 171 Å². The number of aliphatic hydroxyl groups excluding tert-OH is 20. The second-order valence-corrected chi connectivity index (χ2v) is 27.3. The van der Waals surface area contributed by atoms with E-state index in [1.807, 2.05) is 25.7 Å². The molecule has 21 N–H and O–H groups in total. The summed E-state index contributed by atoms with van der Waals surface area (Å²) in [6.07, 6.45) is -63.7. The van der Waals surface area contributed by atoms with Gasteiger partial charge in [-0.1, -0.05) is 0 Å². The van der Waals surface area contributed by atoms with Crippen molar-refractivity contribution >= 4 is 21.6 Å². The molecule has 1 saturated carbocycles. The molecule has 1 aliphatic carbocycles. The van der Waals surface area contributed by atoms with Crippen molar-refractivity contribution in [2.45, 2.75) is 215 Å². The Morgan fingerprint density at radius 2 is 0.606 bits per heavy atom. The maximum absolute atomic E-state index is 13.2. The molecule has 22 rings (SSSR count). The van der Waals surface area contributed by atoms with Crippen LogP contribution >= 0.6 is 11.8 Å². The van der Waals surface area contributed by atoms with Gasteiger partial charge in [-0.05, 0) is 25.7 Å². The fourth-order valence-corrected chi connectivity index (χ4v) is 14.7. The van der Waals surface area contributed by atoms with Gasteiger partial charge in [-0.3, -0.25) is 0 Å². The Morgan fingerprint density at radius 1 is 0.351 bits per heavy atom. The summed E-state index contributed by atoms with van der Waals surface area (Å²) in [5.74, 6) is 1.07. The van der Waals surface area contributed by atoms with Gasteiger partial charge in [0.25, 0.3) is 0 Å². The summed E-state index contributed by atoms with van der Waals surface area (Å²) in [7, 11) is -3.72. The Bertz CT molecular complexity index is 2370. The van der Waals surface area contributed by atoms with E-state index in [0.29, 0.717) is 19.0 Å². The second-order valence-electron chi connectivity index (χ2n) is 23.8. The number of hydrogen-bond acceptors (Lipinski definition) is 39. The Morgan fingerprint density at radius 3 is 0.872 bits per heavy atom. The highest BCUT2D eigenvalue weighted by Crippen LogP contribution is 2.39. The molecule has 40 heteroatoms.